The molecule has 2 aliphatic rings. The molecule has 0 saturated carbocycles. The van der Waals surface area contributed by atoms with Gasteiger partial charge in [0.05, 0.1) is 23.8 Å². The number of hydrogen-bond acceptors (Lipinski definition) is 12. The standard InChI is InChI=1S/C15H14N6O4S4.Na/c16-14-18-7(4-27-14)1-8(22)19-9-11(23)21-10(13(24)25)6(2-26-12(9)21)3-28-15-20-17-5-29-15;/h4-5,9,12H,1-3H2,(H2,16,18)(H,19,22)(H,24,25);/q;+1/p-1/t9?,12-;/m1./s1. The third-order valence-electron chi connectivity index (χ3n) is 4.18. The first-order chi connectivity index (χ1) is 13.9. The number of carboxylic acid groups (broad SMARTS) is 1. The Hall–Kier alpha value is -1.16. The Bertz CT molecular complexity index is 997. The minimum Gasteiger partial charge on any atom is -0.543 e. The SMILES string of the molecule is Nc1nc(CC(=O)NC2C(=O)N3C(C(=O)[O-])=C(CSc4nncs4)CS[C@H]23)cs1.[Na+]. The van der Waals surface area contributed by atoms with Crippen molar-refractivity contribution in [2.24, 2.45) is 0 Å². The zero-order valence-electron chi connectivity index (χ0n) is 15.6. The number of hydrogen-bond donors (Lipinski definition) is 2. The summed E-state index contributed by atoms with van der Waals surface area (Å²) >= 11 is 5.35. The fraction of sp³-hybridized carbons (Fsp3) is 0.333. The van der Waals surface area contributed by atoms with Gasteiger partial charge in [-0.1, -0.05) is 23.1 Å². The second-order valence-corrected chi connectivity index (χ2v) is 10.1. The topological polar surface area (TPSA) is 154 Å². The zero-order chi connectivity index (χ0) is 20.5. The number of carbonyl (C=O) groups is 3. The molecule has 0 aliphatic carbocycles. The summed E-state index contributed by atoms with van der Waals surface area (Å²) in [6.45, 7) is 0. The third-order valence-corrected chi connectivity index (χ3v) is 8.19. The maximum atomic E-state index is 12.6. The van der Waals surface area contributed by atoms with Gasteiger partial charge in [0.2, 0.25) is 5.91 Å². The molecule has 0 radical (unpaired) electrons. The van der Waals surface area contributed by atoms with Gasteiger partial charge in [-0.15, -0.1) is 33.3 Å². The minimum atomic E-state index is -1.40. The van der Waals surface area contributed by atoms with Crippen molar-refractivity contribution in [1.82, 2.24) is 25.4 Å². The number of carboxylic acids is 1. The number of carbonyl (C=O) groups excluding carboxylic acids is 3. The zero-order valence-corrected chi connectivity index (χ0v) is 20.8. The largest absolute Gasteiger partial charge is 1.00 e. The molecule has 30 heavy (non-hydrogen) atoms. The molecule has 152 valence electrons. The fourth-order valence-corrected chi connectivity index (χ4v) is 6.49. The van der Waals surface area contributed by atoms with Crippen molar-refractivity contribution in [3.05, 3.63) is 27.9 Å². The Labute approximate surface area is 209 Å². The van der Waals surface area contributed by atoms with E-state index >= 15 is 0 Å². The number of nitrogen functional groups attached to an aromatic ring is 1. The normalized spacial score (nSPS) is 20.3. The first-order valence-electron chi connectivity index (χ1n) is 8.20. The molecule has 0 aromatic carbocycles. The van der Waals surface area contributed by atoms with Crippen LogP contribution in [-0.2, 0) is 20.8 Å². The van der Waals surface area contributed by atoms with E-state index in [2.05, 4.69) is 20.5 Å². The van der Waals surface area contributed by atoms with E-state index in [1.165, 1.54) is 51.1 Å². The number of nitrogens with one attached hydrogen (secondary N) is 1. The summed E-state index contributed by atoms with van der Waals surface area (Å²) in [4.78, 5) is 41.8. The van der Waals surface area contributed by atoms with Crippen LogP contribution in [0.1, 0.15) is 5.69 Å². The molecule has 1 fully saturated rings. The summed E-state index contributed by atoms with van der Waals surface area (Å²) in [5.41, 5.74) is 8.14. The monoisotopic (exact) mass is 492 g/mol. The quantitative estimate of drug-likeness (QED) is 0.224. The van der Waals surface area contributed by atoms with Gasteiger partial charge in [-0.05, 0) is 5.57 Å². The molecule has 15 heteroatoms. The smallest absolute Gasteiger partial charge is 0.543 e. The summed E-state index contributed by atoms with van der Waals surface area (Å²) in [5, 5.41) is 23.6. The van der Waals surface area contributed by atoms with Gasteiger partial charge in [0.1, 0.15) is 16.9 Å². The molecule has 10 nitrogen and oxygen atoms in total. The van der Waals surface area contributed by atoms with Crippen molar-refractivity contribution in [3.63, 3.8) is 0 Å². The fourth-order valence-electron chi connectivity index (χ4n) is 2.95. The molecule has 0 bridgehead atoms. The van der Waals surface area contributed by atoms with Crippen LogP contribution in [0.25, 0.3) is 0 Å². The van der Waals surface area contributed by atoms with Crippen LogP contribution in [0.2, 0.25) is 0 Å². The third kappa shape index (κ3) is 4.84. The number of aliphatic carboxylic acids is 1. The van der Waals surface area contributed by atoms with Crippen molar-refractivity contribution in [2.75, 3.05) is 17.2 Å². The molecule has 3 N–H and O–H groups in total. The van der Waals surface area contributed by atoms with Crippen LogP contribution in [0.3, 0.4) is 0 Å². The molecule has 4 rings (SSSR count). The van der Waals surface area contributed by atoms with Gasteiger partial charge in [-0.3, -0.25) is 14.5 Å². The molecule has 2 aliphatic heterocycles. The molecule has 1 saturated heterocycles. The summed E-state index contributed by atoms with van der Waals surface area (Å²) in [6, 6.07) is -0.782. The van der Waals surface area contributed by atoms with E-state index in [1.807, 2.05) is 0 Å². The van der Waals surface area contributed by atoms with Crippen LogP contribution in [0.15, 0.2) is 26.5 Å². The van der Waals surface area contributed by atoms with Gasteiger partial charge in [-0.25, -0.2) is 4.98 Å². The molecule has 2 atom stereocenters. The number of thioether (sulfide) groups is 2. The number of fused-ring (bicyclic) bond motifs is 1. The summed E-state index contributed by atoms with van der Waals surface area (Å²) in [7, 11) is 0. The number of aromatic nitrogens is 3. The van der Waals surface area contributed by atoms with Crippen LogP contribution in [-0.4, -0.2) is 60.8 Å². The van der Waals surface area contributed by atoms with E-state index in [0.29, 0.717) is 32.2 Å². The Kier molecular flexibility index (Phi) is 7.81. The number of amides is 2. The van der Waals surface area contributed by atoms with Crippen LogP contribution in [0, 0.1) is 0 Å². The van der Waals surface area contributed by atoms with E-state index in [4.69, 9.17) is 5.73 Å². The van der Waals surface area contributed by atoms with E-state index in [9.17, 15) is 19.5 Å². The first kappa shape index (κ1) is 23.5. The second-order valence-electron chi connectivity index (χ2n) is 6.04. The van der Waals surface area contributed by atoms with E-state index in [1.54, 1.807) is 10.9 Å². The van der Waals surface area contributed by atoms with Crippen molar-refractivity contribution >= 4 is 69.1 Å². The Morgan fingerprint density at radius 1 is 1.40 bits per heavy atom. The van der Waals surface area contributed by atoms with E-state index < -0.39 is 23.3 Å². The van der Waals surface area contributed by atoms with Gasteiger partial charge in [0.15, 0.2) is 9.47 Å². The number of rotatable bonds is 7. The number of thiazole rings is 1. The van der Waals surface area contributed by atoms with Gasteiger partial charge >= 0.3 is 29.6 Å². The minimum absolute atomic E-state index is 0. The van der Waals surface area contributed by atoms with E-state index in [0.717, 1.165) is 0 Å². The van der Waals surface area contributed by atoms with Gasteiger partial charge < -0.3 is 21.0 Å². The van der Waals surface area contributed by atoms with Gasteiger partial charge in [0, 0.05) is 16.9 Å². The first-order valence-corrected chi connectivity index (χ1v) is 12.0. The van der Waals surface area contributed by atoms with Crippen LogP contribution >= 0.6 is 46.2 Å². The maximum absolute atomic E-state index is 12.6. The molecule has 0 spiro atoms. The Morgan fingerprint density at radius 3 is 2.83 bits per heavy atom. The molecular weight excluding hydrogens is 479 g/mol. The molecule has 4 heterocycles. The predicted molar refractivity (Wildman–Crippen MR) is 108 cm³/mol. The molecule has 2 amide bonds. The van der Waals surface area contributed by atoms with E-state index in [-0.39, 0.29) is 47.6 Å². The average molecular weight is 493 g/mol. The van der Waals surface area contributed by atoms with Gasteiger partial charge in [0.25, 0.3) is 5.91 Å². The second kappa shape index (κ2) is 9.97. The van der Waals surface area contributed by atoms with Crippen LogP contribution in [0.5, 0.6) is 0 Å². The van der Waals surface area contributed by atoms with Crippen molar-refractivity contribution in [1.29, 1.82) is 0 Å². The van der Waals surface area contributed by atoms with Crippen LogP contribution in [0.4, 0.5) is 5.13 Å². The molecule has 2 aromatic rings. The molecular formula is C15H13N6NaO4S4. The van der Waals surface area contributed by atoms with Crippen molar-refractivity contribution in [2.45, 2.75) is 22.2 Å². The summed E-state index contributed by atoms with van der Waals surface area (Å²) < 4.78 is 0.713. The molecule has 1 unspecified atom stereocenters. The van der Waals surface area contributed by atoms with Crippen molar-refractivity contribution < 1.29 is 49.0 Å². The summed E-state index contributed by atoms with van der Waals surface area (Å²) in [6.07, 6.45) is 0.00177. The van der Waals surface area contributed by atoms with Crippen LogP contribution < -0.4 is 45.7 Å². The summed E-state index contributed by atoms with van der Waals surface area (Å²) in [5.74, 6) is -1.46. The number of nitrogens with zero attached hydrogens (tertiary/aromatic N) is 4. The number of anilines is 1. The number of β-lactam (4-membered cyclic amide) rings is 1. The average Bonchev–Trinajstić information content (AvgIpc) is 3.35. The number of nitrogens with two attached hydrogens (primary N) is 1. The Morgan fingerprint density at radius 2 is 2.20 bits per heavy atom. The van der Waals surface area contributed by atoms with Gasteiger partial charge in [-0.2, -0.15) is 0 Å². The maximum Gasteiger partial charge on any atom is 1.00 e. The molecule has 2 aromatic heterocycles. The Balaban J connectivity index is 0.00000256. The van der Waals surface area contributed by atoms with Crippen molar-refractivity contribution in [3.8, 4) is 0 Å². The predicted octanol–water partition coefficient (Wildman–Crippen LogP) is -3.68.